The van der Waals surface area contributed by atoms with E-state index in [-0.39, 0.29) is 10.8 Å². The summed E-state index contributed by atoms with van der Waals surface area (Å²) in [6, 6.07) is 3.80. The number of aryl methyl sites for hydroxylation is 1. The lowest BCUT2D eigenvalue weighted by Crippen LogP contribution is -2.43. The summed E-state index contributed by atoms with van der Waals surface area (Å²) in [6.45, 7) is 4.64. The summed E-state index contributed by atoms with van der Waals surface area (Å²) in [4.78, 5) is 0.558. The van der Waals surface area contributed by atoms with Crippen molar-refractivity contribution in [2.75, 3.05) is 13.1 Å². The number of piperidine rings is 1. The summed E-state index contributed by atoms with van der Waals surface area (Å²) < 4.78 is 39.7. The van der Waals surface area contributed by atoms with Gasteiger partial charge in [0.15, 0.2) is 0 Å². The third-order valence-electron chi connectivity index (χ3n) is 3.52. The van der Waals surface area contributed by atoms with Crippen LogP contribution < -0.4 is 0 Å². The van der Waals surface area contributed by atoms with E-state index >= 15 is 0 Å². The zero-order valence-corrected chi connectivity index (χ0v) is 13.3. The largest absolute Gasteiger partial charge is 0.243 e. The summed E-state index contributed by atoms with van der Waals surface area (Å²) in [5, 5.41) is 0. The molecule has 0 aromatic heterocycles. The van der Waals surface area contributed by atoms with Gasteiger partial charge >= 0.3 is 0 Å². The summed E-state index contributed by atoms with van der Waals surface area (Å²) in [7, 11) is -3.52. The van der Waals surface area contributed by atoms with Gasteiger partial charge in [0.1, 0.15) is 5.82 Å². The van der Waals surface area contributed by atoms with Gasteiger partial charge in [-0.2, -0.15) is 4.31 Å². The number of halogens is 2. The zero-order chi connectivity index (χ0) is 14.2. The highest BCUT2D eigenvalue weighted by molar-refractivity contribution is 9.09. The van der Waals surface area contributed by atoms with Crippen LogP contribution in [0.2, 0.25) is 0 Å². The molecule has 2 rings (SSSR count). The van der Waals surface area contributed by atoms with Gasteiger partial charge in [0.05, 0.1) is 4.90 Å². The van der Waals surface area contributed by atoms with Crippen molar-refractivity contribution in [2.24, 2.45) is 5.92 Å². The molecule has 0 spiro atoms. The smallest absolute Gasteiger partial charge is 0.207 e. The van der Waals surface area contributed by atoms with Crippen LogP contribution in [-0.4, -0.2) is 30.6 Å². The lowest BCUT2D eigenvalue weighted by Gasteiger charge is -2.33. The quantitative estimate of drug-likeness (QED) is 0.769. The number of nitrogens with zero attached hydrogens (tertiary/aromatic N) is 1. The van der Waals surface area contributed by atoms with Gasteiger partial charge in [0.2, 0.25) is 10.0 Å². The topological polar surface area (TPSA) is 37.4 Å². The molecule has 1 aromatic rings. The van der Waals surface area contributed by atoms with Crippen LogP contribution in [0.4, 0.5) is 4.39 Å². The number of benzene rings is 1. The van der Waals surface area contributed by atoms with Crippen molar-refractivity contribution in [2.45, 2.75) is 30.0 Å². The third kappa shape index (κ3) is 3.01. The molecule has 0 N–H and O–H groups in total. The minimum atomic E-state index is -3.52. The fourth-order valence-electron chi connectivity index (χ4n) is 2.34. The molecule has 1 fully saturated rings. The van der Waals surface area contributed by atoms with Crippen molar-refractivity contribution in [3.63, 3.8) is 0 Å². The van der Waals surface area contributed by atoms with Crippen molar-refractivity contribution in [1.82, 2.24) is 4.31 Å². The van der Waals surface area contributed by atoms with Crippen molar-refractivity contribution in [1.29, 1.82) is 0 Å². The minimum absolute atomic E-state index is 0.203. The average molecular weight is 350 g/mol. The molecular weight excluding hydrogens is 333 g/mol. The highest BCUT2D eigenvalue weighted by Gasteiger charge is 2.33. The van der Waals surface area contributed by atoms with E-state index < -0.39 is 15.8 Å². The first kappa shape index (κ1) is 14.9. The van der Waals surface area contributed by atoms with Crippen LogP contribution in [0.1, 0.15) is 18.9 Å². The Bertz CT molecular complexity index is 576. The van der Waals surface area contributed by atoms with Gasteiger partial charge < -0.3 is 0 Å². The van der Waals surface area contributed by atoms with Crippen LogP contribution >= 0.6 is 15.9 Å². The minimum Gasteiger partial charge on any atom is -0.207 e. The predicted octanol–water partition coefficient (Wildman–Crippen LogP) is 2.93. The Kier molecular flexibility index (Phi) is 4.32. The fourth-order valence-corrected chi connectivity index (χ4v) is 4.47. The molecule has 0 saturated carbocycles. The first-order valence-corrected chi connectivity index (χ1v) is 8.58. The molecule has 1 aromatic carbocycles. The molecule has 0 aliphatic carbocycles. The van der Waals surface area contributed by atoms with Crippen molar-refractivity contribution in [3.05, 3.63) is 29.6 Å². The standard InChI is InChI=1S/C13H17BrFNO2S/c1-9-7-11(15)3-4-13(9)19(17,18)16-6-5-12(14)10(2)8-16/h3-4,7,10,12H,5-6,8H2,1-2H3. The van der Waals surface area contributed by atoms with E-state index in [1.54, 1.807) is 6.92 Å². The Morgan fingerprint density at radius 2 is 2.11 bits per heavy atom. The second kappa shape index (κ2) is 5.50. The number of rotatable bonds is 2. The molecule has 2 atom stereocenters. The molecule has 6 heteroatoms. The molecule has 0 amide bonds. The highest BCUT2D eigenvalue weighted by Crippen LogP contribution is 2.28. The van der Waals surface area contributed by atoms with Crippen molar-refractivity contribution < 1.29 is 12.8 Å². The first-order valence-electron chi connectivity index (χ1n) is 6.22. The second-order valence-corrected chi connectivity index (χ2v) is 8.14. The van der Waals surface area contributed by atoms with Gasteiger partial charge in [-0.05, 0) is 43.0 Å². The number of alkyl halides is 1. The summed E-state index contributed by atoms with van der Waals surface area (Å²) in [5.41, 5.74) is 0.452. The normalized spacial score (nSPS) is 25.5. The Labute approximate surface area is 122 Å². The highest BCUT2D eigenvalue weighted by atomic mass is 79.9. The van der Waals surface area contributed by atoms with Gasteiger partial charge in [0.25, 0.3) is 0 Å². The van der Waals surface area contributed by atoms with Crippen LogP contribution in [0.5, 0.6) is 0 Å². The van der Waals surface area contributed by atoms with Crippen LogP contribution in [0.3, 0.4) is 0 Å². The SMILES string of the molecule is Cc1cc(F)ccc1S(=O)(=O)N1CCC(Br)C(C)C1. The van der Waals surface area contributed by atoms with Crippen LogP contribution in [-0.2, 0) is 10.0 Å². The maximum Gasteiger partial charge on any atom is 0.243 e. The molecule has 2 unspecified atom stereocenters. The maximum atomic E-state index is 13.1. The molecule has 1 heterocycles. The Morgan fingerprint density at radius 3 is 2.68 bits per heavy atom. The van der Waals surface area contributed by atoms with E-state index in [9.17, 15) is 12.8 Å². The average Bonchev–Trinajstić information content (AvgIpc) is 2.32. The molecule has 1 aliphatic rings. The van der Waals surface area contributed by atoms with Crippen LogP contribution in [0, 0.1) is 18.7 Å². The fraction of sp³-hybridized carbons (Fsp3) is 0.538. The lowest BCUT2D eigenvalue weighted by molar-refractivity contribution is 0.291. The van der Waals surface area contributed by atoms with Crippen LogP contribution in [0.25, 0.3) is 0 Å². The van der Waals surface area contributed by atoms with Gasteiger partial charge in [-0.1, -0.05) is 22.9 Å². The monoisotopic (exact) mass is 349 g/mol. The summed E-state index contributed by atoms with van der Waals surface area (Å²) in [5.74, 6) is -0.145. The number of sulfonamides is 1. The predicted molar refractivity (Wildman–Crippen MR) is 76.4 cm³/mol. The molecule has 1 saturated heterocycles. The molecule has 3 nitrogen and oxygen atoms in total. The van der Waals surface area contributed by atoms with E-state index in [0.717, 1.165) is 6.42 Å². The van der Waals surface area contributed by atoms with E-state index in [0.29, 0.717) is 23.5 Å². The van der Waals surface area contributed by atoms with Gasteiger partial charge in [-0.25, -0.2) is 12.8 Å². The third-order valence-corrected chi connectivity index (χ3v) is 6.90. The van der Waals surface area contributed by atoms with E-state index in [1.165, 1.54) is 22.5 Å². The first-order chi connectivity index (χ1) is 8.82. The zero-order valence-electron chi connectivity index (χ0n) is 10.9. The van der Waals surface area contributed by atoms with E-state index in [2.05, 4.69) is 15.9 Å². The van der Waals surface area contributed by atoms with Gasteiger partial charge in [0, 0.05) is 17.9 Å². The molecular formula is C13H17BrFNO2S. The number of hydrogen-bond donors (Lipinski definition) is 0. The lowest BCUT2D eigenvalue weighted by atomic mass is 10.0. The molecule has 0 bridgehead atoms. The van der Waals surface area contributed by atoms with E-state index in [1.807, 2.05) is 6.92 Å². The Hall–Kier alpha value is -0.460. The van der Waals surface area contributed by atoms with Crippen molar-refractivity contribution in [3.8, 4) is 0 Å². The molecule has 19 heavy (non-hydrogen) atoms. The van der Waals surface area contributed by atoms with Crippen molar-refractivity contribution >= 4 is 26.0 Å². The maximum absolute atomic E-state index is 13.1. The molecule has 106 valence electrons. The Balaban J connectivity index is 2.32. The van der Waals surface area contributed by atoms with Crippen LogP contribution in [0.15, 0.2) is 23.1 Å². The van der Waals surface area contributed by atoms with Gasteiger partial charge in [-0.15, -0.1) is 0 Å². The summed E-state index contributed by atoms with van der Waals surface area (Å²) in [6.07, 6.45) is 0.792. The molecule has 1 aliphatic heterocycles. The second-order valence-electron chi connectivity index (χ2n) is 5.05. The summed E-state index contributed by atoms with van der Waals surface area (Å²) >= 11 is 3.56. The van der Waals surface area contributed by atoms with E-state index in [4.69, 9.17) is 0 Å². The number of hydrogen-bond acceptors (Lipinski definition) is 2. The Morgan fingerprint density at radius 1 is 1.42 bits per heavy atom. The molecule has 0 radical (unpaired) electrons. The van der Waals surface area contributed by atoms with Gasteiger partial charge in [-0.3, -0.25) is 0 Å².